The molecule has 0 aliphatic carbocycles. The molecular formula is C11H9BrClN3O2. The van der Waals surface area contributed by atoms with E-state index in [4.69, 9.17) is 11.6 Å². The lowest BCUT2D eigenvalue weighted by Gasteiger charge is -2.04. The van der Waals surface area contributed by atoms with Crippen LogP contribution in [0.25, 0.3) is 0 Å². The molecule has 1 aromatic heterocycles. The molecule has 1 heterocycles. The number of hydrogen-bond acceptors (Lipinski definition) is 3. The predicted molar refractivity (Wildman–Crippen MR) is 71.9 cm³/mol. The van der Waals surface area contributed by atoms with Crippen molar-refractivity contribution in [3.63, 3.8) is 0 Å². The molecule has 0 amide bonds. The smallest absolute Gasteiger partial charge is 0.258 e. The molecule has 0 saturated carbocycles. The Morgan fingerprint density at radius 1 is 1.50 bits per heavy atom. The fourth-order valence-electron chi connectivity index (χ4n) is 1.64. The summed E-state index contributed by atoms with van der Waals surface area (Å²) in [4.78, 5) is 10.3. The second-order valence-electron chi connectivity index (χ2n) is 3.73. The molecule has 0 radical (unpaired) electrons. The normalized spacial score (nSPS) is 10.6. The molecule has 18 heavy (non-hydrogen) atoms. The molecule has 0 aliphatic heterocycles. The Morgan fingerprint density at radius 2 is 2.17 bits per heavy atom. The van der Waals surface area contributed by atoms with Gasteiger partial charge in [0.05, 0.1) is 11.5 Å². The molecule has 0 bridgehead atoms. The lowest BCUT2D eigenvalue weighted by molar-refractivity contribution is -0.385. The van der Waals surface area contributed by atoms with E-state index in [9.17, 15) is 10.1 Å². The molecular weight excluding hydrogens is 321 g/mol. The minimum atomic E-state index is -0.513. The Bertz CT molecular complexity index is 612. The first-order valence-corrected chi connectivity index (χ1v) is 6.28. The van der Waals surface area contributed by atoms with Crippen LogP contribution >= 0.6 is 27.5 Å². The number of nitrogens with zero attached hydrogens (tertiary/aromatic N) is 3. The Hall–Kier alpha value is -1.40. The molecule has 0 atom stereocenters. The summed E-state index contributed by atoms with van der Waals surface area (Å²) in [5.41, 5.74) is 1.14. The van der Waals surface area contributed by atoms with Crippen LogP contribution in [0, 0.1) is 17.0 Å². The number of halogens is 2. The molecule has 7 heteroatoms. The van der Waals surface area contributed by atoms with Gasteiger partial charge in [-0.1, -0.05) is 45.7 Å². The molecule has 2 rings (SSSR count). The average Bonchev–Trinajstić information content (AvgIpc) is 2.57. The van der Waals surface area contributed by atoms with Crippen LogP contribution in [-0.2, 0) is 6.54 Å². The lowest BCUT2D eigenvalue weighted by Crippen LogP contribution is -2.02. The van der Waals surface area contributed by atoms with Crippen LogP contribution in [0.15, 0.2) is 28.7 Å². The highest BCUT2D eigenvalue weighted by Gasteiger charge is 2.23. The van der Waals surface area contributed by atoms with E-state index in [0.29, 0.717) is 12.2 Å². The Kier molecular flexibility index (Phi) is 3.68. The van der Waals surface area contributed by atoms with E-state index in [1.807, 2.05) is 24.3 Å². The highest BCUT2D eigenvalue weighted by molar-refractivity contribution is 9.10. The summed E-state index contributed by atoms with van der Waals surface area (Å²) < 4.78 is 2.34. The quantitative estimate of drug-likeness (QED) is 0.638. The Morgan fingerprint density at radius 3 is 2.72 bits per heavy atom. The predicted octanol–water partition coefficient (Wildman–Crippen LogP) is 3.56. The third-order valence-corrected chi connectivity index (χ3v) is 3.64. The molecule has 0 aliphatic rings. The highest BCUT2D eigenvalue weighted by Crippen LogP contribution is 2.29. The van der Waals surface area contributed by atoms with E-state index in [1.165, 1.54) is 4.68 Å². The molecule has 2 aromatic rings. The van der Waals surface area contributed by atoms with Crippen molar-refractivity contribution in [2.75, 3.05) is 0 Å². The molecule has 0 unspecified atom stereocenters. The average molecular weight is 331 g/mol. The monoisotopic (exact) mass is 329 g/mol. The second kappa shape index (κ2) is 5.07. The van der Waals surface area contributed by atoms with Crippen molar-refractivity contribution in [3.05, 3.63) is 55.3 Å². The SMILES string of the molecule is Cc1nn(Cc2ccccc2Br)c(Cl)c1[N+](=O)[O-]. The molecule has 5 nitrogen and oxygen atoms in total. The number of rotatable bonds is 3. The molecule has 0 N–H and O–H groups in total. The van der Waals surface area contributed by atoms with E-state index in [1.54, 1.807) is 6.92 Å². The summed E-state index contributed by atoms with van der Waals surface area (Å²) in [5, 5.41) is 15.0. The Labute approximate surface area is 117 Å². The van der Waals surface area contributed by atoms with Gasteiger partial charge in [0.2, 0.25) is 5.15 Å². The minimum Gasteiger partial charge on any atom is -0.258 e. The zero-order valence-corrected chi connectivity index (χ0v) is 11.8. The molecule has 0 saturated heterocycles. The largest absolute Gasteiger partial charge is 0.328 e. The van der Waals surface area contributed by atoms with Gasteiger partial charge in [0.15, 0.2) is 0 Å². The van der Waals surface area contributed by atoms with Crippen molar-refractivity contribution >= 4 is 33.2 Å². The first kappa shape index (κ1) is 13.0. The zero-order chi connectivity index (χ0) is 13.3. The highest BCUT2D eigenvalue weighted by atomic mass is 79.9. The van der Waals surface area contributed by atoms with Crippen LogP contribution in [-0.4, -0.2) is 14.7 Å². The number of aryl methyl sites for hydroxylation is 1. The topological polar surface area (TPSA) is 61.0 Å². The standard InChI is InChI=1S/C11H9BrClN3O2/c1-7-10(16(17)18)11(13)15(14-7)6-8-4-2-3-5-9(8)12/h2-5H,6H2,1H3. The van der Waals surface area contributed by atoms with E-state index in [-0.39, 0.29) is 10.8 Å². The molecule has 1 aromatic carbocycles. The maximum atomic E-state index is 10.8. The van der Waals surface area contributed by atoms with Crippen LogP contribution in [0.4, 0.5) is 5.69 Å². The first-order valence-electron chi connectivity index (χ1n) is 5.11. The van der Waals surface area contributed by atoms with E-state index >= 15 is 0 Å². The summed E-state index contributed by atoms with van der Waals surface area (Å²) in [7, 11) is 0. The van der Waals surface area contributed by atoms with Crippen LogP contribution < -0.4 is 0 Å². The summed E-state index contributed by atoms with van der Waals surface area (Å²) in [6.07, 6.45) is 0. The number of benzene rings is 1. The van der Waals surface area contributed by atoms with E-state index in [2.05, 4.69) is 21.0 Å². The van der Waals surface area contributed by atoms with Crippen molar-refractivity contribution in [3.8, 4) is 0 Å². The third kappa shape index (κ3) is 2.39. The van der Waals surface area contributed by atoms with Gasteiger partial charge in [-0.25, -0.2) is 4.68 Å². The van der Waals surface area contributed by atoms with Gasteiger partial charge in [-0.3, -0.25) is 10.1 Å². The molecule has 0 fully saturated rings. The van der Waals surface area contributed by atoms with E-state index in [0.717, 1.165) is 10.0 Å². The maximum Gasteiger partial charge on any atom is 0.328 e. The minimum absolute atomic E-state index is 0.0493. The fraction of sp³-hybridized carbons (Fsp3) is 0.182. The van der Waals surface area contributed by atoms with Crippen molar-refractivity contribution in [2.24, 2.45) is 0 Å². The number of hydrogen-bond donors (Lipinski definition) is 0. The Balaban J connectivity index is 2.39. The number of nitro groups is 1. The summed E-state index contributed by atoms with van der Waals surface area (Å²) in [6.45, 7) is 1.95. The zero-order valence-electron chi connectivity index (χ0n) is 9.43. The van der Waals surface area contributed by atoms with Crippen molar-refractivity contribution < 1.29 is 4.92 Å². The van der Waals surface area contributed by atoms with Gasteiger partial charge in [-0.2, -0.15) is 5.10 Å². The van der Waals surface area contributed by atoms with Crippen molar-refractivity contribution in [1.82, 2.24) is 9.78 Å². The van der Waals surface area contributed by atoms with Gasteiger partial charge in [0.25, 0.3) is 0 Å². The van der Waals surface area contributed by atoms with Crippen LogP contribution in [0.3, 0.4) is 0 Å². The van der Waals surface area contributed by atoms with Gasteiger partial charge in [-0.15, -0.1) is 0 Å². The van der Waals surface area contributed by atoms with Gasteiger partial charge >= 0.3 is 5.69 Å². The summed E-state index contributed by atoms with van der Waals surface area (Å²) in [5.74, 6) is 0. The second-order valence-corrected chi connectivity index (χ2v) is 4.94. The van der Waals surface area contributed by atoms with Gasteiger partial charge in [-0.05, 0) is 18.6 Å². The number of aromatic nitrogens is 2. The van der Waals surface area contributed by atoms with Gasteiger partial charge < -0.3 is 0 Å². The van der Waals surface area contributed by atoms with Gasteiger partial charge in [0.1, 0.15) is 5.69 Å². The van der Waals surface area contributed by atoms with Crippen LogP contribution in [0.2, 0.25) is 5.15 Å². The summed E-state index contributed by atoms with van der Waals surface area (Å²) in [6, 6.07) is 7.59. The molecule has 94 valence electrons. The van der Waals surface area contributed by atoms with Crippen molar-refractivity contribution in [2.45, 2.75) is 13.5 Å². The van der Waals surface area contributed by atoms with Crippen molar-refractivity contribution in [1.29, 1.82) is 0 Å². The fourth-order valence-corrected chi connectivity index (χ4v) is 2.36. The summed E-state index contributed by atoms with van der Waals surface area (Å²) >= 11 is 9.38. The maximum absolute atomic E-state index is 10.8. The third-order valence-electron chi connectivity index (χ3n) is 2.50. The van der Waals surface area contributed by atoms with E-state index < -0.39 is 4.92 Å². The van der Waals surface area contributed by atoms with Gasteiger partial charge in [0, 0.05) is 4.47 Å². The first-order chi connectivity index (χ1) is 8.50. The van der Waals surface area contributed by atoms with Crippen LogP contribution in [0.1, 0.15) is 11.3 Å². The lowest BCUT2D eigenvalue weighted by atomic mass is 10.2. The van der Waals surface area contributed by atoms with Crippen LogP contribution in [0.5, 0.6) is 0 Å². The molecule has 0 spiro atoms.